The maximum atomic E-state index is 12.4. The number of rotatable bonds is 3. The van der Waals surface area contributed by atoms with Gasteiger partial charge in [-0.15, -0.1) is 11.6 Å². The largest absolute Gasteiger partial charge is 0.341 e. The van der Waals surface area contributed by atoms with Crippen molar-refractivity contribution in [2.24, 2.45) is 5.92 Å². The lowest BCUT2D eigenvalue weighted by molar-refractivity contribution is 0.0746. The molecule has 18 heavy (non-hydrogen) atoms. The van der Waals surface area contributed by atoms with Crippen molar-refractivity contribution in [2.75, 3.05) is 13.6 Å². The summed E-state index contributed by atoms with van der Waals surface area (Å²) in [4.78, 5) is 14.2. The molecule has 0 atom stereocenters. The van der Waals surface area contributed by atoms with E-state index in [1.54, 1.807) is 0 Å². The highest BCUT2D eigenvalue weighted by Crippen LogP contribution is 2.32. The Kier molecular flexibility index (Phi) is 3.96. The summed E-state index contributed by atoms with van der Waals surface area (Å²) >= 11 is 5.97. The van der Waals surface area contributed by atoms with E-state index in [-0.39, 0.29) is 5.91 Å². The van der Waals surface area contributed by atoms with Gasteiger partial charge in [0.2, 0.25) is 0 Å². The van der Waals surface area contributed by atoms with E-state index >= 15 is 0 Å². The van der Waals surface area contributed by atoms with E-state index in [1.165, 1.54) is 5.56 Å². The van der Waals surface area contributed by atoms with Crippen molar-refractivity contribution in [1.29, 1.82) is 0 Å². The summed E-state index contributed by atoms with van der Waals surface area (Å²) in [7, 11) is 1.88. The highest BCUT2D eigenvalue weighted by molar-refractivity contribution is 6.21. The van der Waals surface area contributed by atoms with Crippen LogP contribution in [0.2, 0.25) is 0 Å². The van der Waals surface area contributed by atoms with Gasteiger partial charge in [0.05, 0.1) is 0 Å². The highest BCUT2D eigenvalue weighted by Gasteiger charge is 2.29. The molecule has 1 aliphatic carbocycles. The van der Waals surface area contributed by atoms with Crippen LogP contribution in [0.4, 0.5) is 0 Å². The molecule has 1 aromatic rings. The molecule has 0 aromatic heterocycles. The van der Waals surface area contributed by atoms with Crippen LogP contribution in [0.1, 0.15) is 34.3 Å². The van der Waals surface area contributed by atoms with E-state index in [9.17, 15) is 4.79 Å². The lowest BCUT2D eigenvalue weighted by atomic mass is 9.84. The van der Waals surface area contributed by atoms with E-state index < -0.39 is 0 Å². The Morgan fingerprint density at radius 1 is 1.39 bits per heavy atom. The molecule has 2 nitrogen and oxygen atoms in total. The molecule has 1 saturated carbocycles. The van der Waals surface area contributed by atoms with Gasteiger partial charge in [0.15, 0.2) is 0 Å². The summed E-state index contributed by atoms with van der Waals surface area (Å²) in [6, 6.07) is 5.89. The molecule has 0 unspecified atom stereocenters. The lowest BCUT2D eigenvalue weighted by Gasteiger charge is -2.34. The highest BCUT2D eigenvalue weighted by atomic mass is 35.5. The summed E-state index contributed by atoms with van der Waals surface area (Å²) in [6.07, 6.45) is 2.07. The molecule has 0 bridgehead atoms. The summed E-state index contributed by atoms with van der Waals surface area (Å²) < 4.78 is 0. The minimum absolute atomic E-state index is 0.120. The van der Waals surface area contributed by atoms with Gasteiger partial charge in [0, 0.05) is 24.5 Å². The molecule has 3 heteroatoms. The minimum Gasteiger partial charge on any atom is -0.341 e. The summed E-state index contributed by atoms with van der Waals surface area (Å²) in [5.74, 6) is 0.695. The number of amides is 1. The molecule has 0 N–H and O–H groups in total. The molecule has 2 rings (SSSR count). The molecule has 98 valence electrons. The third-order valence-electron chi connectivity index (χ3n) is 3.89. The van der Waals surface area contributed by atoms with Gasteiger partial charge in [-0.05, 0) is 49.8 Å². The number of hydrogen-bond acceptors (Lipinski definition) is 1. The zero-order valence-corrected chi connectivity index (χ0v) is 12.0. The number of benzene rings is 1. The molecular formula is C15H20ClNO. The number of halogens is 1. The second-order valence-electron chi connectivity index (χ2n) is 5.37. The normalized spacial score (nSPS) is 22.4. The Balaban J connectivity index is 2.04. The molecular weight excluding hydrogens is 246 g/mol. The van der Waals surface area contributed by atoms with Gasteiger partial charge in [0.25, 0.3) is 5.91 Å². The molecule has 0 heterocycles. The van der Waals surface area contributed by atoms with Gasteiger partial charge in [-0.1, -0.05) is 12.1 Å². The number of hydrogen-bond donors (Lipinski definition) is 0. The van der Waals surface area contributed by atoms with E-state index in [4.69, 9.17) is 11.6 Å². The van der Waals surface area contributed by atoms with E-state index in [0.717, 1.165) is 30.5 Å². The van der Waals surface area contributed by atoms with Gasteiger partial charge in [-0.2, -0.15) is 0 Å². The smallest absolute Gasteiger partial charge is 0.253 e. The molecule has 1 aromatic carbocycles. The third kappa shape index (κ3) is 2.69. The van der Waals surface area contributed by atoms with Crippen LogP contribution < -0.4 is 0 Å². The van der Waals surface area contributed by atoms with Crippen molar-refractivity contribution >= 4 is 17.5 Å². The van der Waals surface area contributed by atoms with Gasteiger partial charge in [0.1, 0.15) is 0 Å². The Bertz CT molecular complexity index is 452. The van der Waals surface area contributed by atoms with Gasteiger partial charge in [-0.25, -0.2) is 0 Å². The SMILES string of the molecule is Cc1cccc(C(=O)N(C)CC2CC(Cl)C2)c1C. The second-order valence-corrected chi connectivity index (χ2v) is 5.99. The van der Waals surface area contributed by atoms with Crippen molar-refractivity contribution in [3.8, 4) is 0 Å². The molecule has 0 radical (unpaired) electrons. The van der Waals surface area contributed by atoms with Crippen LogP contribution in [0.25, 0.3) is 0 Å². The number of carbonyl (C=O) groups is 1. The molecule has 0 spiro atoms. The number of aryl methyl sites for hydroxylation is 1. The summed E-state index contributed by atoms with van der Waals surface area (Å²) in [5, 5.41) is 0.319. The van der Waals surface area contributed by atoms with E-state index in [0.29, 0.717) is 11.3 Å². The molecule has 0 saturated heterocycles. The fraction of sp³-hybridized carbons (Fsp3) is 0.533. The van der Waals surface area contributed by atoms with Crippen LogP contribution >= 0.6 is 11.6 Å². The van der Waals surface area contributed by atoms with Crippen LogP contribution in [-0.4, -0.2) is 29.8 Å². The Hall–Kier alpha value is -1.02. The van der Waals surface area contributed by atoms with Gasteiger partial charge < -0.3 is 4.90 Å². The second kappa shape index (κ2) is 5.31. The maximum Gasteiger partial charge on any atom is 0.253 e. The van der Waals surface area contributed by atoms with Crippen molar-refractivity contribution in [2.45, 2.75) is 32.1 Å². The van der Waals surface area contributed by atoms with Crippen molar-refractivity contribution < 1.29 is 4.79 Å². The lowest BCUT2D eigenvalue weighted by Crippen LogP contribution is -2.38. The van der Waals surface area contributed by atoms with E-state index in [1.807, 2.05) is 44.0 Å². The van der Waals surface area contributed by atoms with Crippen molar-refractivity contribution in [3.63, 3.8) is 0 Å². The first-order chi connectivity index (χ1) is 8.49. The Morgan fingerprint density at radius 2 is 2.06 bits per heavy atom. The molecule has 0 aliphatic heterocycles. The number of nitrogens with zero attached hydrogens (tertiary/aromatic N) is 1. The zero-order valence-electron chi connectivity index (χ0n) is 11.2. The van der Waals surface area contributed by atoms with Crippen molar-refractivity contribution in [1.82, 2.24) is 4.90 Å². The molecule has 1 amide bonds. The third-order valence-corrected chi connectivity index (χ3v) is 4.25. The minimum atomic E-state index is 0.120. The monoisotopic (exact) mass is 265 g/mol. The fourth-order valence-electron chi connectivity index (χ4n) is 2.46. The first-order valence-corrected chi connectivity index (χ1v) is 6.88. The van der Waals surface area contributed by atoms with E-state index in [2.05, 4.69) is 0 Å². The average Bonchev–Trinajstić information content (AvgIpc) is 2.30. The zero-order chi connectivity index (χ0) is 13.3. The Morgan fingerprint density at radius 3 is 2.67 bits per heavy atom. The standard InChI is InChI=1S/C15H20ClNO/c1-10-5-4-6-14(11(10)2)15(18)17(3)9-12-7-13(16)8-12/h4-6,12-13H,7-9H2,1-3H3. The number of alkyl halides is 1. The van der Waals surface area contributed by atoms with Gasteiger partial charge >= 0.3 is 0 Å². The van der Waals surface area contributed by atoms with Crippen LogP contribution in [0.5, 0.6) is 0 Å². The quantitative estimate of drug-likeness (QED) is 0.767. The predicted octanol–water partition coefficient (Wildman–Crippen LogP) is 3.39. The number of carbonyl (C=O) groups excluding carboxylic acids is 1. The van der Waals surface area contributed by atoms with Crippen LogP contribution in [-0.2, 0) is 0 Å². The molecule has 1 aliphatic rings. The Labute approximate surface area is 114 Å². The van der Waals surface area contributed by atoms with Crippen molar-refractivity contribution in [3.05, 3.63) is 34.9 Å². The van der Waals surface area contributed by atoms with Crippen LogP contribution in [0.3, 0.4) is 0 Å². The maximum absolute atomic E-state index is 12.4. The topological polar surface area (TPSA) is 20.3 Å². The van der Waals surface area contributed by atoms with Crippen LogP contribution in [0, 0.1) is 19.8 Å². The first-order valence-electron chi connectivity index (χ1n) is 6.44. The summed E-state index contributed by atoms with van der Waals surface area (Å²) in [6.45, 7) is 4.86. The first kappa shape index (κ1) is 13.4. The fourth-order valence-corrected chi connectivity index (χ4v) is 2.97. The van der Waals surface area contributed by atoms with Crippen LogP contribution in [0.15, 0.2) is 18.2 Å². The summed E-state index contributed by atoms with van der Waals surface area (Å²) in [5.41, 5.74) is 3.07. The average molecular weight is 266 g/mol. The predicted molar refractivity (Wildman–Crippen MR) is 75.2 cm³/mol. The molecule has 1 fully saturated rings. The van der Waals surface area contributed by atoms with Gasteiger partial charge in [-0.3, -0.25) is 4.79 Å².